The Morgan fingerprint density at radius 3 is 1.48 bits per heavy atom. The van der Waals surface area contributed by atoms with Crippen LogP contribution in [0.3, 0.4) is 0 Å². The minimum absolute atomic E-state index is 0. The number of nitrogens with two attached hydrogens (primary N) is 2. The number of ether oxygens (including phenoxy) is 6. The first-order chi connectivity index (χ1) is 44.2. The molecule has 10 N–H and O–H groups in total. The van der Waals surface area contributed by atoms with E-state index in [0.29, 0.717) is 56.5 Å². The summed E-state index contributed by atoms with van der Waals surface area (Å²) in [5.41, 5.74) is 9.82. The molecule has 1 aliphatic heterocycles. The van der Waals surface area contributed by atoms with Crippen molar-refractivity contribution in [1.82, 2.24) is 89.6 Å². The van der Waals surface area contributed by atoms with Crippen LogP contribution in [0.15, 0.2) is 96.7 Å². The number of hydrazine groups is 1. The van der Waals surface area contributed by atoms with Crippen LogP contribution in [-0.2, 0) is 28.7 Å². The molecule has 0 aromatic carbocycles. The van der Waals surface area contributed by atoms with Crippen LogP contribution in [0.5, 0.6) is 23.0 Å². The minimum atomic E-state index is -1.09. The largest absolute Gasteiger partial charge is 0.494 e. The SMILES string of the molecule is C.CC(N)=S.CC1=NCC=N1.CO.COC(=O)C(=O)Cl.COC(=O)C(=O)c1c[nH]c2c(-n3cnc(C)n3)ncc(OC)c12.COc1cnc(-n2cnc(C)n2)c2[nH]ccc12.COc1cnc(-n2ncnc2C)c2[nH]ccc12.COc1cnc(Cl)c2[nH]ccc12.NNC=O. The Morgan fingerprint density at radius 1 is 0.667 bits per heavy atom. The molecular formula is C56H68Cl2N22O12S. The summed E-state index contributed by atoms with van der Waals surface area (Å²) in [6.45, 7) is 9.82. The number of thiocarbonyl (C=S) groups is 1. The van der Waals surface area contributed by atoms with Gasteiger partial charge in [0.1, 0.15) is 65.3 Å². The standard InChI is InChI=1S/C14H13N5O4.2C11H11N5O.C8H7ClN2O.C4H6N2.C3H3ClO3.C2H5NS.CH4N2O.CH4O.CH4/c1-7-17-6-19(18-7)13-11-10(9(22-2)5-16-13)8(4-15-11)12(20)14(21)23-3;1-7-14-6-16(15-7)11-10-8(3-4-12-10)9(17-2)5-13-11;1-7-14-6-15-16(7)11-10-8(3-4-12-10)9(17-2)5-13-11;1-12-6-4-11-8(9)7-5(6)2-3-10-7;1-4-5-2-3-6-4;1-7-3(6)2(4)5;1-2(3)4;2-3-1-4;1-2;/h4-6,15H,1-3H3;2*3-6,12H,1-2H3;2-4,10H,1H3;2H,3H2,1H3;1H3;1H3,(H2,3,4);1H,2H2,(H,3,4);2H,1H3;1H4. The van der Waals surface area contributed by atoms with E-state index in [4.69, 9.17) is 46.2 Å². The number of halogens is 2. The number of nitrogens with zero attached hydrogens (tertiary/aromatic N) is 15. The predicted octanol–water partition coefficient (Wildman–Crippen LogP) is 5.52. The number of ketones is 1. The molecule has 12 rings (SSSR count). The quantitative estimate of drug-likeness (QED) is 0.00755. The van der Waals surface area contributed by atoms with Crippen molar-refractivity contribution in [2.45, 2.75) is 42.0 Å². The van der Waals surface area contributed by atoms with Gasteiger partial charge in [0.2, 0.25) is 6.41 Å². The fourth-order valence-corrected chi connectivity index (χ4v) is 7.81. The van der Waals surface area contributed by atoms with Crippen molar-refractivity contribution in [3.63, 3.8) is 0 Å². The van der Waals surface area contributed by atoms with Gasteiger partial charge < -0.3 is 59.2 Å². The number of H-pyrrole nitrogens is 4. The number of Topliss-reactive ketones (excluding diaryl/α,β-unsaturated/α-hetero) is 1. The summed E-state index contributed by atoms with van der Waals surface area (Å²) in [5.74, 6) is 9.07. The number of carbonyl (C=O) groups excluding carboxylic acids is 5. The van der Waals surface area contributed by atoms with Crippen LogP contribution in [0.2, 0.25) is 5.15 Å². The van der Waals surface area contributed by atoms with E-state index < -0.39 is 23.0 Å². The van der Waals surface area contributed by atoms with Crippen molar-refractivity contribution in [3.8, 4) is 40.5 Å². The molecule has 93 heavy (non-hydrogen) atoms. The predicted molar refractivity (Wildman–Crippen MR) is 351 cm³/mol. The van der Waals surface area contributed by atoms with Crippen LogP contribution in [0.4, 0.5) is 0 Å². The summed E-state index contributed by atoms with van der Waals surface area (Å²) in [5, 5.41) is 22.3. The molecule has 0 fully saturated rings. The average molecular weight is 1340 g/mol. The normalized spacial score (nSPS) is 10.3. The minimum Gasteiger partial charge on any atom is -0.494 e. The van der Waals surface area contributed by atoms with Crippen molar-refractivity contribution in [2.75, 3.05) is 56.3 Å². The Labute approximate surface area is 545 Å². The Morgan fingerprint density at radius 2 is 1.11 bits per heavy atom. The number of aliphatic hydroxyl groups is 1. The van der Waals surface area contributed by atoms with Crippen LogP contribution in [-0.4, -0.2) is 192 Å². The first-order valence-corrected chi connectivity index (χ1v) is 27.3. The highest BCUT2D eigenvalue weighted by molar-refractivity contribution is 7.80. The average Bonchev–Trinajstić information content (AvgIpc) is 1.68. The molecule has 0 spiro atoms. The fraction of sp³-hybridized carbons (Fsp3) is 0.250. The van der Waals surface area contributed by atoms with E-state index in [1.807, 2.05) is 51.4 Å². The van der Waals surface area contributed by atoms with Crippen LogP contribution in [0.25, 0.3) is 61.1 Å². The Balaban J connectivity index is 0.000000293. The molecule has 11 aromatic heterocycles. The smallest absolute Gasteiger partial charge is 0.391 e. The van der Waals surface area contributed by atoms with Gasteiger partial charge in [-0.3, -0.25) is 24.8 Å². The van der Waals surface area contributed by atoms with Gasteiger partial charge in [0.25, 0.3) is 5.78 Å². The zero-order valence-corrected chi connectivity index (χ0v) is 53.7. The number of rotatable bonds is 11. The van der Waals surface area contributed by atoms with E-state index >= 15 is 0 Å². The number of hydrogen-bond acceptors (Lipinski definition) is 26. The Kier molecular flexibility index (Phi) is 31.4. The van der Waals surface area contributed by atoms with E-state index in [0.717, 1.165) is 95.3 Å². The molecule has 0 bridgehead atoms. The third-order valence-corrected chi connectivity index (χ3v) is 11.8. The number of fused-ring (bicyclic) bond motifs is 4. The molecular weight excluding hydrogens is 1280 g/mol. The molecule has 1 aliphatic rings. The molecule has 0 saturated heterocycles. The number of nitrogens with one attached hydrogen (secondary N) is 5. The van der Waals surface area contributed by atoms with E-state index in [1.165, 1.54) is 36.8 Å². The Bertz CT molecular complexity index is 4300. The molecule has 0 radical (unpaired) electrons. The number of methoxy groups -OCH3 is 6. The van der Waals surface area contributed by atoms with Crippen LogP contribution in [0.1, 0.15) is 49.1 Å². The summed E-state index contributed by atoms with van der Waals surface area (Å²) in [7, 11) is 9.55. The fourth-order valence-electron chi connectivity index (χ4n) is 7.53. The van der Waals surface area contributed by atoms with Crippen molar-refractivity contribution in [2.24, 2.45) is 21.6 Å². The number of amidine groups is 1. The van der Waals surface area contributed by atoms with Gasteiger partial charge in [0.15, 0.2) is 22.6 Å². The molecule has 494 valence electrons. The number of aryl methyl sites for hydroxylation is 3. The Hall–Kier alpha value is -11.1. The summed E-state index contributed by atoms with van der Waals surface area (Å²) >= 11 is 14.8. The van der Waals surface area contributed by atoms with E-state index in [1.54, 1.807) is 87.3 Å². The molecule has 37 heteroatoms. The number of carbonyl (C=O) groups is 5. The zero-order chi connectivity index (χ0) is 68.0. The number of aliphatic imine (C=N–C) groups is 2. The number of aromatic nitrogens is 17. The number of aromatic amines is 4. The number of hydrogen-bond donors (Lipinski definition) is 8. The summed E-state index contributed by atoms with van der Waals surface area (Å²) in [6, 6.07) is 5.80. The first-order valence-electron chi connectivity index (χ1n) is 26.1. The van der Waals surface area contributed by atoms with Crippen molar-refractivity contribution in [3.05, 3.63) is 115 Å². The van der Waals surface area contributed by atoms with Crippen LogP contribution in [0, 0.1) is 20.8 Å². The number of esters is 2. The highest BCUT2D eigenvalue weighted by Gasteiger charge is 2.25. The maximum absolute atomic E-state index is 12.2. The van der Waals surface area contributed by atoms with Gasteiger partial charge in [-0.15, -0.1) is 0 Å². The monoisotopic (exact) mass is 1340 g/mol. The lowest BCUT2D eigenvalue weighted by atomic mass is 10.1. The van der Waals surface area contributed by atoms with Gasteiger partial charge in [-0.05, 0) is 64.4 Å². The second-order valence-electron chi connectivity index (χ2n) is 17.2. The van der Waals surface area contributed by atoms with Gasteiger partial charge in [-0.25, -0.2) is 64.7 Å². The number of pyridine rings is 4. The van der Waals surface area contributed by atoms with Crippen molar-refractivity contribution in [1.29, 1.82) is 0 Å². The van der Waals surface area contributed by atoms with E-state index in [9.17, 15) is 19.2 Å². The number of amides is 1. The summed E-state index contributed by atoms with van der Waals surface area (Å²) < 4.78 is 34.1. The molecule has 0 atom stereocenters. The molecule has 34 nitrogen and oxygen atoms in total. The third-order valence-electron chi connectivity index (χ3n) is 11.4. The van der Waals surface area contributed by atoms with Crippen LogP contribution >= 0.6 is 35.4 Å². The summed E-state index contributed by atoms with van der Waals surface area (Å²) in [4.78, 5) is 102. The van der Waals surface area contributed by atoms with Crippen molar-refractivity contribution < 1.29 is 57.5 Å². The lowest BCUT2D eigenvalue weighted by Crippen LogP contribution is -2.18. The lowest BCUT2D eigenvalue weighted by Gasteiger charge is -2.07. The highest BCUT2D eigenvalue weighted by Crippen LogP contribution is 2.33. The lowest BCUT2D eigenvalue weighted by molar-refractivity contribution is -0.148. The van der Waals surface area contributed by atoms with Gasteiger partial charge in [-0.2, -0.15) is 20.0 Å². The van der Waals surface area contributed by atoms with Gasteiger partial charge in [0.05, 0.1) is 112 Å². The second-order valence-corrected chi connectivity index (χ2v) is 18.5. The van der Waals surface area contributed by atoms with Crippen molar-refractivity contribution >= 4 is 125 Å². The molecule has 0 unspecified atom stereocenters. The molecule has 11 aromatic rings. The zero-order valence-electron chi connectivity index (χ0n) is 51.4. The third kappa shape index (κ3) is 20.7. The first kappa shape index (κ1) is 76.1. The van der Waals surface area contributed by atoms with Gasteiger partial charge in [-0.1, -0.05) is 31.2 Å². The molecule has 12 heterocycles. The molecule has 0 aliphatic carbocycles. The molecule has 0 saturated carbocycles. The van der Waals surface area contributed by atoms with E-state index in [-0.39, 0.29) is 13.0 Å². The van der Waals surface area contributed by atoms with E-state index in [2.05, 4.69) is 119 Å². The summed E-state index contributed by atoms with van der Waals surface area (Å²) in [6.07, 6.45) is 20.2. The molecule has 1 amide bonds. The highest BCUT2D eigenvalue weighted by atomic mass is 35.5. The second kappa shape index (κ2) is 38.4. The maximum Gasteiger partial charge on any atom is 0.391 e. The van der Waals surface area contributed by atoms with Crippen LogP contribution < -0.4 is 35.9 Å². The van der Waals surface area contributed by atoms with Gasteiger partial charge in [0, 0.05) is 54.3 Å². The maximum atomic E-state index is 12.2. The topological polar surface area (TPSA) is 457 Å². The van der Waals surface area contributed by atoms with Gasteiger partial charge >= 0.3 is 17.2 Å². The number of aliphatic hydroxyl groups excluding tert-OH is 1.